The topological polar surface area (TPSA) is 132 Å². The van der Waals surface area contributed by atoms with Crippen LogP contribution in [0.4, 0.5) is 6.01 Å². The number of carbonyl (C=O) groups is 1. The number of carbonyl (C=O) groups excluding carboxylic acids is 1. The summed E-state index contributed by atoms with van der Waals surface area (Å²) in [6, 6.07) is 14.1. The minimum atomic E-state index is -0.834. The van der Waals surface area contributed by atoms with Crippen molar-refractivity contribution in [1.29, 1.82) is 0 Å². The molecule has 35 heavy (non-hydrogen) atoms. The Bertz CT molecular complexity index is 1630. The van der Waals surface area contributed by atoms with Gasteiger partial charge in [-0.3, -0.25) is 0 Å². The summed E-state index contributed by atoms with van der Waals surface area (Å²) in [6.45, 7) is 0. The summed E-state index contributed by atoms with van der Waals surface area (Å²) in [4.78, 5) is 30.6. The van der Waals surface area contributed by atoms with Crippen LogP contribution >= 0.6 is 0 Å². The lowest BCUT2D eigenvalue weighted by atomic mass is 9.86. The maximum atomic E-state index is 13.1. The van der Waals surface area contributed by atoms with Gasteiger partial charge in [-0.05, 0) is 18.2 Å². The number of aromatic nitrogens is 2. The van der Waals surface area contributed by atoms with Gasteiger partial charge in [0.2, 0.25) is 11.4 Å². The Hall–Kier alpha value is -4.73. The van der Waals surface area contributed by atoms with Crippen molar-refractivity contribution in [2.75, 3.05) is 27.1 Å². The molecular weight excluding hydrogens is 454 g/mol. The van der Waals surface area contributed by atoms with Crippen molar-refractivity contribution in [2.24, 2.45) is 0 Å². The highest BCUT2D eigenvalue weighted by atomic mass is 16.5. The van der Waals surface area contributed by atoms with Crippen LogP contribution in [0.2, 0.25) is 0 Å². The number of nitrogen functional groups attached to an aromatic ring is 1. The smallest absolute Gasteiger partial charge is 0.362 e. The average Bonchev–Trinajstić information content (AvgIpc) is 3.41. The number of benzene rings is 2. The van der Waals surface area contributed by atoms with Gasteiger partial charge in [0.25, 0.3) is 6.01 Å². The molecular formula is C25H21N3O7. The minimum absolute atomic E-state index is 0.0505. The van der Waals surface area contributed by atoms with E-state index >= 15 is 0 Å². The van der Waals surface area contributed by atoms with Crippen molar-refractivity contribution in [3.8, 4) is 17.4 Å². The van der Waals surface area contributed by atoms with Crippen molar-refractivity contribution >= 4 is 23.6 Å². The maximum Gasteiger partial charge on any atom is 0.362 e. The van der Waals surface area contributed by atoms with E-state index < -0.39 is 17.5 Å². The number of rotatable bonds is 5. The first kappa shape index (κ1) is 22.1. The van der Waals surface area contributed by atoms with E-state index in [9.17, 15) is 9.59 Å². The lowest BCUT2D eigenvalue weighted by Gasteiger charge is -2.23. The van der Waals surface area contributed by atoms with E-state index in [1.54, 1.807) is 48.5 Å². The molecule has 0 amide bonds. The number of nitrogens with two attached hydrogens (primary N) is 1. The maximum absolute atomic E-state index is 13.1. The van der Waals surface area contributed by atoms with Gasteiger partial charge in [0.15, 0.2) is 0 Å². The van der Waals surface area contributed by atoms with Crippen LogP contribution in [0, 0.1) is 0 Å². The monoisotopic (exact) mass is 475 g/mol. The molecule has 1 atom stereocenters. The number of oxazole rings is 2. The predicted octanol–water partition coefficient (Wildman–Crippen LogP) is 1.32. The van der Waals surface area contributed by atoms with Crippen LogP contribution in [-0.4, -0.2) is 36.8 Å². The Labute approximate surface area is 198 Å². The molecule has 0 saturated heterocycles. The zero-order chi connectivity index (χ0) is 24.7. The number of nitrogens with zero attached hydrogens (tertiary/aromatic N) is 2. The van der Waals surface area contributed by atoms with Crippen molar-refractivity contribution in [2.45, 2.75) is 5.92 Å². The Balaban J connectivity index is 1.93. The third kappa shape index (κ3) is 3.46. The van der Waals surface area contributed by atoms with Gasteiger partial charge in [-0.15, -0.1) is 0 Å². The summed E-state index contributed by atoms with van der Waals surface area (Å²) >= 11 is 0. The standard InChI is InChI=1S/C25H21N3O7/c1-31-16-10-6-4-8-13(16)12-15-23(29)34-21-19(24(30)33-3)18(14-9-5-7-11-17(14)32-2)20-22(28(15)21)35-25(26)27-20/h4-12,18H,1-3H3,(H2,26,27)/b15-12+/t18-/m0/s1. The largest absolute Gasteiger partial charge is 0.496 e. The zero-order valence-electron chi connectivity index (χ0n) is 19.1. The Morgan fingerprint density at radius 3 is 2.43 bits per heavy atom. The van der Waals surface area contributed by atoms with Gasteiger partial charge in [-0.25, -0.2) is 14.2 Å². The van der Waals surface area contributed by atoms with Crippen LogP contribution in [0.1, 0.15) is 22.7 Å². The van der Waals surface area contributed by atoms with Crippen LogP contribution in [0.25, 0.3) is 17.5 Å². The quantitative estimate of drug-likeness (QED) is 0.424. The first-order valence-corrected chi connectivity index (χ1v) is 10.6. The molecule has 1 aliphatic rings. The molecule has 10 nitrogen and oxygen atoms in total. The van der Waals surface area contributed by atoms with Gasteiger partial charge in [-0.2, -0.15) is 4.98 Å². The summed E-state index contributed by atoms with van der Waals surface area (Å²) in [5.74, 6) is -0.360. The van der Waals surface area contributed by atoms with Crippen molar-refractivity contribution in [1.82, 2.24) is 9.55 Å². The molecule has 0 radical (unpaired) electrons. The molecule has 0 unspecified atom stereocenters. The number of anilines is 1. The van der Waals surface area contributed by atoms with Crippen molar-refractivity contribution in [3.05, 3.63) is 86.7 Å². The van der Waals surface area contributed by atoms with Crippen LogP contribution in [0.15, 0.2) is 62.2 Å². The minimum Gasteiger partial charge on any atom is -0.496 e. The predicted molar refractivity (Wildman–Crippen MR) is 125 cm³/mol. The number of para-hydroxylation sites is 2. The molecule has 4 aromatic rings. The molecule has 1 aliphatic heterocycles. The molecule has 178 valence electrons. The normalized spacial score (nSPS) is 14.9. The van der Waals surface area contributed by atoms with E-state index in [2.05, 4.69) is 4.98 Å². The highest BCUT2D eigenvalue weighted by molar-refractivity contribution is 6.12. The molecule has 0 aliphatic carbocycles. The van der Waals surface area contributed by atoms with E-state index in [0.717, 1.165) is 0 Å². The Morgan fingerprint density at radius 1 is 1.03 bits per heavy atom. The van der Waals surface area contributed by atoms with Crippen LogP contribution in [0.5, 0.6) is 11.5 Å². The third-order valence-corrected chi connectivity index (χ3v) is 5.78. The fourth-order valence-corrected chi connectivity index (χ4v) is 4.29. The number of hydrogen-bond acceptors (Lipinski definition) is 9. The third-order valence-electron chi connectivity index (χ3n) is 5.78. The second kappa shape index (κ2) is 8.56. The van der Waals surface area contributed by atoms with E-state index in [0.29, 0.717) is 28.3 Å². The SMILES string of the molecule is COC(=O)C1=c2oc(=O)/c(=C\c3ccccc3OC)n2-c2oc(N)nc2[C@H]1c1ccccc1OC. The number of methoxy groups -OCH3 is 3. The highest BCUT2D eigenvalue weighted by Crippen LogP contribution is 2.41. The van der Waals surface area contributed by atoms with E-state index in [4.69, 9.17) is 28.8 Å². The highest BCUT2D eigenvalue weighted by Gasteiger charge is 2.40. The van der Waals surface area contributed by atoms with Crippen LogP contribution < -0.4 is 31.7 Å². The first-order valence-electron chi connectivity index (χ1n) is 10.6. The molecule has 3 heterocycles. The molecule has 0 spiro atoms. The van der Waals surface area contributed by atoms with Crippen molar-refractivity contribution < 1.29 is 27.8 Å². The molecule has 2 N–H and O–H groups in total. The summed E-state index contributed by atoms with van der Waals surface area (Å²) in [6.07, 6.45) is 1.58. The van der Waals surface area contributed by atoms with Gasteiger partial charge < -0.3 is 28.8 Å². The zero-order valence-corrected chi connectivity index (χ0v) is 19.1. The second-order valence-electron chi connectivity index (χ2n) is 7.62. The molecule has 2 aromatic heterocycles. The Kier molecular flexibility index (Phi) is 5.40. The molecule has 10 heteroatoms. The lowest BCUT2D eigenvalue weighted by molar-refractivity contribution is -0.134. The first-order chi connectivity index (χ1) is 17.0. The van der Waals surface area contributed by atoms with Gasteiger partial charge in [0.05, 0.1) is 27.2 Å². The summed E-state index contributed by atoms with van der Waals surface area (Å²) < 4.78 is 28.8. The fraction of sp³-hybridized carbons (Fsp3) is 0.160. The molecule has 0 bridgehead atoms. The van der Waals surface area contributed by atoms with E-state index in [-0.39, 0.29) is 28.4 Å². The number of esters is 1. The Morgan fingerprint density at radius 2 is 1.71 bits per heavy atom. The summed E-state index contributed by atoms with van der Waals surface area (Å²) in [5, 5.41) is 0.0850. The fourth-order valence-electron chi connectivity index (χ4n) is 4.29. The van der Waals surface area contributed by atoms with Gasteiger partial charge in [0.1, 0.15) is 28.1 Å². The van der Waals surface area contributed by atoms with Gasteiger partial charge >= 0.3 is 11.6 Å². The number of fused-ring (bicyclic) bond motifs is 3. The van der Waals surface area contributed by atoms with Gasteiger partial charge in [-0.1, -0.05) is 36.4 Å². The van der Waals surface area contributed by atoms with Crippen molar-refractivity contribution in [3.63, 3.8) is 0 Å². The summed E-state index contributed by atoms with van der Waals surface area (Å²) in [7, 11) is 4.29. The summed E-state index contributed by atoms with van der Waals surface area (Å²) in [5.41, 5.74) is 6.76. The van der Waals surface area contributed by atoms with Crippen LogP contribution in [0.3, 0.4) is 0 Å². The number of ether oxygens (including phenoxy) is 3. The van der Waals surface area contributed by atoms with E-state index in [1.807, 2.05) is 6.07 Å². The molecule has 2 aromatic carbocycles. The molecule has 0 saturated carbocycles. The van der Waals surface area contributed by atoms with Crippen LogP contribution in [-0.2, 0) is 9.53 Å². The second-order valence-corrected chi connectivity index (χ2v) is 7.62. The molecule has 5 rings (SSSR count). The number of hydrogen-bond donors (Lipinski definition) is 1. The lowest BCUT2D eigenvalue weighted by Crippen LogP contribution is -2.37. The van der Waals surface area contributed by atoms with E-state index in [1.165, 1.54) is 25.9 Å². The van der Waals surface area contributed by atoms with Gasteiger partial charge in [0, 0.05) is 11.1 Å². The average molecular weight is 475 g/mol. The molecule has 0 fully saturated rings.